The molecule has 4 heteroatoms. The highest BCUT2D eigenvalue weighted by Crippen LogP contribution is 2.36. The van der Waals surface area contributed by atoms with Gasteiger partial charge in [-0.3, -0.25) is 4.90 Å². The average Bonchev–Trinajstić information content (AvgIpc) is 2.75. The Kier molecular flexibility index (Phi) is 7.55. The zero-order valence-corrected chi connectivity index (χ0v) is 18.9. The molecular weight excluding hydrogens is 380 g/mol. The molecule has 1 aliphatic rings. The number of thioether (sulfide) groups is 1. The van der Waals surface area contributed by atoms with Gasteiger partial charge in [0, 0.05) is 43.4 Å². The van der Waals surface area contributed by atoms with Crippen LogP contribution < -0.4 is 0 Å². The topological polar surface area (TPSA) is 6.48 Å². The van der Waals surface area contributed by atoms with Gasteiger partial charge in [-0.2, -0.15) is 0 Å². The van der Waals surface area contributed by atoms with Gasteiger partial charge in [-0.1, -0.05) is 91.6 Å². The van der Waals surface area contributed by atoms with Crippen LogP contribution in [0.5, 0.6) is 0 Å². The van der Waals surface area contributed by atoms with Crippen molar-refractivity contribution in [2.45, 2.75) is 38.6 Å². The van der Waals surface area contributed by atoms with Crippen LogP contribution in [0.25, 0.3) is 0 Å². The third-order valence-electron chi connectivity index (χ3n) is 5.95. The predicted octanol–water partition coefficient (Wildman–Crippen LogP) is 5.43. The molecule has 0 spiro atoms. The summed E-state index contributed by atoms with van der Waals surface area (Å²) in [5, 5.41) is 0. The van der Waals surface area contributed by atoms with Gasteiger partial charge < -0.3 is 4.90 Å². The van der Waals surface area contributed by atoms with Crippen LogP contribution in [0.15, 0.2) is 60.7 Å². The number of rotatable bonds is 6. The highest BCUT2D eigenvalue weighted by atomic mass is 32.2. The van der Waals surface area contributed by atoms with Crippen molar-refractivity contribution < 1.29 is 0 Å². The Hall–Kier alpha value is -1.36. The lowest BCUT2D eigenvalue weighted by atomic mass is 9.74. The minimum Gasteiger partial charge on any atom is -0.355 e. The molecule has 0 aromatic heterocycles. The minimum atomic E-state index is 0.00146. The van der Waals surface area contributed by atoms with Crippen molar-refractivity contribution in [2.75, 3.05) is 31.9 Å². The average molecular weight is 413 g/mol. The molecule has 1 aliphatic heterocycles. The maximum atomic E-state index is 5.77. The van der Waals surface area contributed by atoms with E-state index in [2.05, 4.69) is 91.2 Å². The van der Waals surface area contributed by atoms with Crippen molar-refractivity contribution in [3.8, 4) is 0 Å². The molecule has 2 aromatic rings. The van der Waals surface area contributed by atoms with Crippen LogP contribution in [0.3, 0.4) is 0 Å². The lowest BCUT2D eigenvalue weighted by Gasteiger charge is -2.38. The molecular formula is C24H32N2S2. The molecule has 1 heterocycles. The molecule has 1 fully saturated rings. The summed E-state index contributed by atoms with van der Waals surface area (Å²) in [7, 11) is 0. The molecule has 0 N–H and O–H groups in total. The van der Waals surface area contributed by atoms with Crippen molar-refractivity contribution in [2.24, 2.45) is 0 Å². The highest BCUT2D eigenvalue weighted by molar-refractivity contribution is 8.22. The van der Waals surface area contributed by atoms with Crippen LogP contribution in [0, 0.1) is 0 Å². The van der Waals surface area contributed by atoms with Crippen molar-refractivity contribution in [1.82, 2.24) is 9.80 Å². The second-order valence-electron chi connectivity index (χ2n) is 8.05. The Bertz CT molecular complexity index is 698. The Morgan fingerprint density at radius 1 is 0.929 bits per heavy atom. The van der Waals surface area contributed by atoms with Gasteiger partial charge in [0.1, 0.15) is 4.32 Å². The molecule has 0 aliphatic carbocycles. The largest absolute Gasteiger partial charge is 0.355 e. The zero-order valence-electron chi connectivity index (χ0n) is 17.3. The molecule has 2 nitrogen and oxygen atoms in total. The standard InChI is InChI=1S/C24H32N2S2/c1-20(2)25-15-17-26(18-16-25)23(27)28-19-14-24(3,21-10-6-4-7-11-21)22-12-8-5-9-13-22/h4-13,20H,14-19H2,1-3H3. The van der Waals surface area contributed by atoms with E-state index in [4.69, 9.17) is 12.2 Å². The van der Waals surface area contributed by atoms with Crippen LogP contribution in [0.4, 0.5) is 0 Å². The van der Waals surface area contributed by atoms with E-state index in [0.29, 0.717) is 6.04 Å². The fourth-order valence-corrected chi connectivity index (χ4v) is 5.40. The summed E-state index contributed by atoms with van der Waals surface area (Å²) in [6.07, 6.45) is 1.07. The highest BCUT2D eigenvalue weighted by Gasteiger charge is 2.29. The molecule has 2 aromatic carbocycles. The van der Waals surface area contributed by atoms with Gasteiger partial charge in [-0.05, 0) is 31.4 Å². The summed E-state index contributed by atoms with van der Waals surface area (Å²) in [5.74, 6) is 1.03. The number of thiocarbonyl (C=S) groups is 1. The van der Waals surface area contributed by atoms with Crippen molar-refractivity contribution in [1.29, 1.82) is 0 Å². The molecule has 150 valence electrons. The van der Waals surface area contributed by atoms with Crippen LogP contribution in [-0.2, 0) is 5.41 Å². The van der Waals surface area contributed by atoms with Gasteiger partial charge in [0.25, 0.3) is 0 Å². The van der Waals surface area contributed by atoms with E-state index in [0.717, 1.165) is 42.7 Å². The molecule has 0 unspecified atom stereocenters. The Morgan fingerprint density at radius 2 is 1.43 bits per heavy atom. The molecule has 0 bridgehead atoms. The van der Waals surface area contributed by atoms with Gasteiger partial charge in [0.05, 0.1) is 0 Å². The first-order chi connectivity index (χ1) is 13.5. The summed E-state index contributed by atoms with van der Waals surface area (Å²) >= 11 is 7.62. The van der Waals surface area contributed by atoms with Crippen LogP contribution >= 0.6 is 24.0 Å². The minimum absolute atomic E-state index is 0.00146. The zero-order chi connectivity index (χ0) is 20.0. The summed E-state index contributed by atoms with van der Waals surface area (Å²) in [6.45, 7) is 11.3. The fraction of sp³-hybridized carbons (Fsp3) is 0.458. The SMILES string of the molecule is CC(C)N1CCN(C(=S)SCCC(C)(c2ccccc2)c2ccccc2)CC1. The molecule has 0 saturated carbocycles. The third-order valence-corrected chi connectivity index (χ3v) is 7.48. The number of benzene rings is 2. The molecule has 0 radical (unpaired) electrons. The number of piperazine rings is 1. The normalized spacial score (nSPS) is 15.8. The lowest BCUT2D eigenvalue weighted by molar-refractivity contribution is 0.151. The van der Waals surface area contributed by atoms with Crippen LogP contribution in [-0.4, -0.2) is 52.1 Å². The molecule has 3 rings (SSSR count). The van der Waals surface area contributed by atoms with Gasteiger partial charge in [0.15, 0.2) is 0 Å². The second-order valence-corrected chi connectivity index (χ2v) is 9.77. The first-order valence-corrected chi connectivity index (χ1v) is 11.7. The van der Waals surface area contributed by atoms with Gasteiger partial charge >= 0.3 is 0 Å². The molecule has 1 saturated heterocycles. The number of nitrogens with zero attached hydrogens (tertiary/aromatic N) is 2. The second kappa shape index (κ2) is 9.91. The van der Waals surface area contributed by atoms with Crippen molar-refractivity contribution in [3.05, 3.63) is 71.8 Å². The van der Waals surface area contributed by atoms with E-state index >= 15 is 0 Å². The summed E-state index contributed by atoms with van der Waals surface area (Å²) in [4.78, 5) is 4.92. The Balaban J connectivity index is 1.61. The Morgan fingerprint density at radius 3 is 1.89 bits per heavy atom. The van der Waals surface area contributed by atoms with E-state index in [1.165, 1.54) is 11.1 Å². The molecule has 0 amide bonds. The molecule has 0 atom stereocenters. The quantitative estimate of drug-likeness (QED) is 0.584. The first kappa shape index (κ1) is 21.4. The third kappa shape index (κ3) is 5.16. The van der Waals surface area contributed by atoms with Crippen molar-refractivity contribution in [3.63, 3.8) is 0 Å². The van der Waals surface area contributed by atoms with Gasteiger partial charge in [-0.25, -0.2) is 0 Å². The monoisotopic (exact) mass is 412 g/mol. The lowest BCUT2D eigenvalue weighted by Crippen LogP contribution is -2.49. The van der Waals surface area contributed by atoms with E-state index in [9.17, 15) is 0 Å². The van der Waals surface area contributed by atoms with E-state index in [1.807, 2.05) is 11.8 Å². The first-order valence-electron chi connectivity index (χ1n) is 10.3. The molecule has 28 heavy (non-hydrogen) atoms. The number of hydrogen-bond acceptors (Lipinski definition) is 3. The summed E-state index contributed by atoms with van der Waals surface area (Å²) in [5.41, 5.74) is 2.75. The smallest absolute Gasteiger partial charge is 0.136 e. The van der Waals surface area contributed by atoms with E-state index < -0.39 is 0 Å². The Labute approximate surface area is 180 Å². The van der Waals surface area contributed by atoms with Crippen molar-refractivity contribution >= 4 is 28.3 Å². The van der Waals surface area contributed by atoms with E-state index in [-0.39, 0.29) is 5.41 Å². The fourth-order valence-electron chi connectivity index (χ4n) is 3.92. The summed E-state index contributed by atoms with van der Waals surface area (Å²) < 4.78 is 1.06. The summed E-state index contributed by atoms with van der Waals surface area (Å²) in [6, 6.07) is 22.4. The maximum Gasteiger partial charge on any atom is 0.136 e. The van der Waals surface area contributed by atoms with Gasteiger partial charge in [-0.15, -0.1) is 0 Å². The van der Waals surface area contributed by atoms with Crippen LogP contribution in [0.2, 0.25) is 0 Å². The van der Waals surface area contributed by atoms with Gasteiger partial charge in [0.2, 0.25) is 0 Å². The predicted molar refractivity (Wildman–Crippen MR) is 127 cm³/mol. The maximum absolute atomic E-state index is 5.77. The van der Waals surface area contributed by atoms with Crippen LogP contribution in [0.1, 0.15) is 38.3 Å². The van der Waals surface area contributed by atoms with E-state index in [1.54, 1.807) is 0 Å². The number of hydrogen-bond donors (Lipinski definition) is 0.